The number of carbonyl (C=O) groups excluding carboxylic acids is 1. The van der Waals surface area contributed by atoms with Gasteiger partial charge in [-0.3, -0.25) is 4.79 Å². The van der Waals surface area contributed by atoms with Gasteiger partial charge in [-0.2, -0.15) is 0 Å². The van der Waals surface area contributed by atoms with Crippen LogP contribution in [0.1, 0.15) is 11.7 Å². The van der Waals surface area contributed by atoms with Crippen molar-refractivity contribution in [3.8, 4) is 0 Å². The van der Waals surface area contributed by atoms with E-state index in [9.17, 15) is 4.79 Å². The number of aliphatic hydroxyl groups excluding tert-OH is 1. The zero-order chi connectivity index (χ0) is 8.43. The Balaban J connectivity index is 2.84. The third kappa shape index (κ3) is 2.02. The second-order valence-corrected chi connectivity index (χ2v) is 4.28. The van der Waals surface area contributed by atoms with Crippen molar-refractivity contribution >= 4 is 33.2 Å². The molecule has 1 aromatic rings. The van der Waals surface area contributed by atoms with Crippen molar-refractivity contribution in [2.45, 2.75) is 6.10 Å². The first-order valence-corrected chi connectivity index (χ1v) is 4.50. The molecule has 1 rings (SSSR count). The first-order chi connectivity index (χ1) is 5.11. The van der Waals surface area contributed by atoms with E-state index < -0.39 is 12.0 Å². The fourth-order valence-electron chi connectivity index (χ4n) is 0.631. The molecule has 0 fully saturated rings. The predicted octanol–water partition coefficient (Wildman–Crippen LogP) is 1.03. The largest absolute Gasteiger partial charge is 0.378 e. The molecule has 0 aromatic carbocycles. The SMILES string of the molecule is NC(=O)C(O)c1csc(Br)c1. The summed E-state index contributed by atoms with van der Waals surface area (Å²) in [6.45, 7) is 0. The van der Waals surface area contributed by atoms with Crippen molar-refractivity contribution in [3.63, 3.8) is 0 Å². The van der Waals surface area contributed by atoms with Gasteiger partial charge in [0.05, 0.1) is 3.79 Å². The lowest BCUT2D eigenvalue weighted by Gasteiger charge is -2.00. The summed E-state index contributed by atoms with van der Waals surface area (Å²) in [6, 6.07) is 1.67. The molecule has 0 spiro atoms. The van der Waals surface area contributed by atoms with E-state index in [4.69, 9.17) is 10.8 Å². The van der Waals surface area contributed by atoms with E-state index in [1.165, 1.54) is 11.3 Å². The van der Waals surface area contributed by atoms with Crippen molar-refractivity contribution in [1.29, 1.82) is 0 Å². The molecule has 0 aliphatic carbocycles. The molecule has 3 N–H and O–H groups in total. The highest BCUT2D eigenvalue weighted by atomic mass is 79.9. The zero-order valence-electron chi connectivity index (χ0n) is 5.45. The summed E-state index contributed by atoms with van der Waals surface area (Å²) in [4.78, 5) is 10.5. The first-order valence-electron chi connectivity index (χ1n) is 2.82. The van der Waals surface area contributed by atoms with Crippen LogP contribution in [-0.4, -0.2) is 11.0 Å². The third-order valence-corrected chi connectivity index (χ3v) is 2.70. The zero-order valence-corrected chi connectivity index (χ0v) is 7.85. The van der Waals surface area contributed by atoms with Gasteiger partial charge in [0.25, 0.3) is 5.91 Å². The fourth-order valence-corrected chi connectivity index (χ4v) is 1.83. The quantitative estimate of drug-likeness (QED) is 0.805. The number of amides is 1. The van der Waals surface area contributed by atoms with Crippen LogP contribution in [0.5, 0.6) is 0 Å². The van der Waals surface area contributed by atoms with Crippen LogP contribution in [0.4, 0.5) is 0 Å². The number of hydrogen-bond donors (Lipinski definition) is 2. The van der Waals surface area contributed by atoms with Gasteiger partial charge in [-0.15, -0.1) is 11.3 Å². The molecule has 11 heavy (non-hydrogen) atoms. The highest BCUT2D eigenvalue weighted by molar-refractivity contribution is 9.11. The molecule has 5 heteroatoms. The average molecular weight is 236 g/mol. The number of halogens is 1. The highest BCUT2D eigenvalue weighted by Gasteiger charge is 2.14. The van der Waals surface area contributed by atoms with E-state index in [0.29, 0.717) is 5.56 Å². The van der Waals surface area contributed by atoms with Crippen molar-refractivity contribution < 1.29 is 9.90 Å². The number of carbonyl (C=O) groups is 1. The van der Waals surface area contributed by atoms with Gasteiger partial charge in [-0.25, -0.2) is 0 Å². The van der Waals surface area contributed by atoms with Gasteiger partial charge in [-0.1, -0.05) is 0 Å². The number of nitrogens with two attached hydrogens (primary N) is 1. The van der Waals surface area contributed by atoms with Gasteiger partial charge in [0.15, 0.2) is 6.10 Å². The van der Waals surface area contributed by atoms with Crippen LogP contribution < -0.4 is 5.73 Å². The Morgan fingerprint density at radius 2 is 2.45 bits per heavy atom. The Hall–Kier alpha value is -0.390. The maximum Gasteiger partial charge on any atom is 0.250 e. The second-order valence-electron chi connectivity index (χ2n) is 1.99. The molecule has 1 amide bonds. The lowest BCUT2D eigenvalue weighted by molar-refractivity contribution is -0.126. The summed E-state index contributed by atoms with van der Waals surface area (Å²) in [5, 5.41) is 10.8. The predicted molar refractivity (Wildman–Crippen MR) is 46.2 cm³/mol. The molecule has 0 saturated heterocycles. The Labute approximate surface area is 76.0 Å². The molecule has 3 nitrogen and oxygen atoms in total. The first kappa shape index (κ1) is 8.70. The van der Waals surface area contributed by atoms with Crippen molar-refractivity contribution in [2.75, 3.05) is 0 Å². The van der Waals surface area contributed by atoms with Crippen LogP contribution in [0.2, 0.25) is 0 Å². The summed E-state index contributed by atoms with van der Waals surface area (Å²) < 4.78 is 0.868. The third-order valence-electron chi connectivity index (χ3n) is 1.17. The number of hydrogen-bond acceptors (Lipinski definition) is 3. The van der Waals surface area contributed by atoms with Crippen LogP contribution >= 0.6 is 27.3 Å². The van der Waals surface area contributed by atoms with Crippen LogP contribution in [-0.2, 0) is 4.79 Å². The van der Waals surface area contributed by atoms with E-state index in [1.54, 1.807) is 11.4 Å². The van der Waals surface area contributed by atoms with Crippen LogP contribution in [0.25, 0.3) is 0 Å². The van der Waals surface area contributed by atoms with E-state index >= 15 is 0 Å². The van der Waals surface area contributed by atoms with Gasteiger partial charge < -0.3 is 10.8 Å². The Kier molecular flexibility index (Phi) is 2.64. The standard InChI is InChI=1S/C6H6BrNO2S/c7-4-1-3(2-11-4)5(9)6(8)10/h1-2,5,9H,(H2,8,10). The molecular formula is C6H6BrNO2S. The Morgan fingerprint density at radius 3 is 2.82 bits per heavy atom. The molecule has 1 unspecified atom stereocenters. The molecule has 0 radical (unpaired) electrons. The normalized spacial score (nSPS) is 12.9. The maximum absolute atomic E-state index is 10.5. The summed E-state index contributed by atoms with van der Waals surface area (Å²) in [5.41, 5.74) is 5.41. The van der Waals surface area contributed by atoms with E-state index in [1.807, 2.05) is 0 Å². The summed E-state index contributed by atoms with van der Waals surface area (Å²) in [5.74, 6) is -0.727. The minimum Gasteiger partial charge on any atom is -0.378 e. The molecule has 0 aliphatic heterocycles. The molecule has 0 bridgehead atoms. The van der Waals surface area contributed by atoms with Gasteiger partial charge >= 0.3 is 0 Å². The molecule has 0 saturated carbocycles. The van der Waals surface area contributed by atoms with Gasteiger partial charge in [-0.05, 0) is 27.4 Å². The number of rotatable bonds is 2. The fraction of sp³-hybridized carbons (Fsp3) is 0.167. The number of thiophene rings is 1. The average Bonchev–Trinajstić information content (AvgIpc) is 2.34. The molecule has 1 atom stereocenters. The second kappa shape index (κ2) is 3.34. The highest BCUT2D eigenvalue weighted by Crippen LogP contribution is 2.24. The van der Waals surface area contributed by atoms with Crippen molar-refractivity contribution in [3.05, 3.63) is 20.8 Å². The lowest BCUT2D eigenvalue weighted by atomic mass is 10.2. The number of aliphatic hydroxyl groups is 1. The van der Waals surface area contributed by atoms with E-state index in [-0.39, 0.29) is 0 Å². The van der Waals surface area contributed by atoms with Crippen molar-refractivity contribution in [1.82, 2.24) is 0 Å². The molecule has 1 aromatic heterocycles. The van der Waals surface area contributed by atoms with E-state index in [0.717, 1.165) is 3.79 Å². The Morgan fingerprint density at radius 1 is 1.82 bits per heavy atom. The minimum absolute atomic E-state index is 0.536. The van der Waals surface area contributed by atoms with Gasteiger partial charge in [0.2, 0.25) is 0 Å². The summed E-state index contributed by atoms with van der Waals surface area (Å²) in [7, 11) is 0. The summed E-state index contributed by atoms with van der Waals surface area (Å²) >= 11 is 4.60. The molecule has 0 aliphatic rings. The number of primary amides is 1. The van der Waals surface area contributed by atoms with Gasteiger partial charge in [0.1, 0.15) is 0 Å². The monoisotopic (exact) mass is 235 g/mol. The van der Waals surface area contributed by atoms with Gasteiger partial charge in [0, 0.05) is 5.56 Å². The minimum atomic E-state index is -1.18. The Bertz CT molecular complexity index is 273. The van der Waals surface area contributed by atoms with Crippen molar-refractivity contribution in [2.24, 2.45) is 5.73 Å². The smallest absolute Gasteiger partial charge is 0.250 e. The molecular weight excluding hydrogens is 230 g/mol. The molecule has 60 valence electrons. The van der Waals surface area contributed by atoms with E-state index in [2.05, 4.69) is 15.9 Å². The van der Waals surface area contributed by atoms with Crippen LogP contribution in [0.15, 0.2) is 15.2 Å². The lowest BCUT2D eigenvalue weighted by Crippen LogP contribution is -2.20. The van der Waals surface area contributed by atoms with Crippen LogP contribution in [0, 0.1) is 0 Å². The van der Waals surface area contributed by atoms with Crippen LogP contribution in [0.3, 0.4) is 0 Å². The maximum atomic E-state index is 10.5. The summed E-state index contributed by atoms with van der Waals surface area (Å²) in [6.07, 6.45) is -1.18. The molecule has 1 heterocycles. The topological polar surface area (TPSA) is 63.3 Å².